The zero-order valence-corrected chi connectivity index (χ0v) is 17.4. The molecular weight excluding hydrogens is 372 g/mol. The molecule has 29 heavy (non-hydrogen) atoms. The Morgan fingerprint density at radius 1 is 0.724 bits per heavy atom. The average Bonchev–Trinajstić information content (AvgIpc) is 3.22. The van der Waals surface area contributed by atoms with Gasteiger partial charge in [0.2, 0.25) is 12.5 Å². The van der Waals surface area contributed by atoms with Crippen molar-refractivity contribution >= 4 is 0 Å². The summed E-state index contributed by atoms with van der Waals surface area (Å²) in [6.07, 6.45) is 0. The van der Waals surface area contributed by atoms with Crippen LogP contribution in [0.4, 0.5) is 0 Å². The molecule has 1 fully saturated rings. The number of ether oxygens (including phenoxy) is 5. The van der Waals surface area contributed by atoms with E-state index in [1.165, 1.54) is 11.1 Å². The summed E-state index contributed by atoms with van der Waals surface area (Å²) < 4.78 is 27.3. The van der Waals surface area contributed by atoms with Gasteiger partial charge < -0.3 is 33.5 Å². The van der Waals surface area contributed by atoms with E-state index in [9.17, 15) is 0 Å². The SMILES string of the molecule is COc1cc(C[NH+]2CC[NH+](Cc3ccc4c(c3)OCO4)CC2)cc(OC)c1OC. The van der Waals surface area contributed by atoms with E-state index in [0.717, 1.165) is 50.8 Å². The first-order chi connectivity index (χ1) is 14.2. The molecule has 4 rings (SSSR count). The average molecular weight is 402 g/mol. The van der Waals surface area contributed by atoms with Crippen molar-refractivity contribution in [2.45, 2.75) is 13.1 Å². The quantitative estimate of drug-likeness (QED) is 0.679. The van der Waals surface area contributed by atoms with Crippen LogP contribution in [0.2, 0.25) is 0 Å². The summed E-state index contributed by atoms with van der Waals surface area (Å²) >= 11 is 0. The lowest BCUT2D eigenvalue weighted by molar-refractivity contribution is -1.02. The second kappa shape index (κ2) is 8.80. The summed E-state index contributed by atoms with van der Waals surface area (Å²) in [5.41, 5.74) is 2.51. The first kappa shape index (κ1) is 19.7. The van der Waals surface area contributed by atoms with Gasteiger partial charge in [-0.2, -0.15) is 0 Å². The van der Waals surface area contributed by atoms with Gasteiger partial charge in [-0.1, -0.05) is 0 Å². The number of methoxy groups -OCH3 is 3. The lowest BCUT2D eigenvalue weighted by Gasteiger charge is -2.30. The monoisotopic (exact) mass is 402 g/mol. The van der Waals surface area contributed by atoms with E-state index in [4.69, 9.17) is 23.7 Å². The Bertz CT molecular complexity index is 824. The van der Waals surface area contributed by atoms with E-state index in [-0.39, 0.29) is 0 Å². The van der Waals surface area contributed by atoms with Gasteiger partial charge in [0.15, 0.2) is 23.0 Å². The van der Waals surface area contributed by atoms with Crippen LogP contribution in [0.15, 0.2) is 30.3 Å². The molecule has 0 amide bonds. The summed E-state index contributed by atoms with van der Waals surface area (Å²) in [5.74, 6) is 3.80. The third-order valence-electron chi connectivity index (χ3n) is 5.73. The molecule has 0 unspecified atom stereocenters. The molecule has 7 heteroatoms. The van der Waals surface area contributed by atoms with Crippen LogP contribution in [-0.2, 0) is 13.1 Å². The number of hydrogen-bond donors (Lipinski definition) is 2. The van der Waals surface area contributed by atoms with Crippen molar-refractivity contribution in [3.63, 3.8) is 0 Å². The predicted molar refractivity (Wildman–Crippen MR) is 107 cm³/mol. The van der Waals surface area contributed by atoms with E-state index in [0.29, 0.717) is 24.0 Å². The highest BCUT2D eigenvalue weighted by atomic mass is 16.7. The van der Waals surface area contributed by atoms with Gasteiger partial charge in [-0.05, 0) is 30.3 Å². The number of quaternary nitrogens is 2. The molecule has 0 bridgehead atoms. The first-order valence-electron chi connectivity index (χ1n) is 10.0. The summed E-state index contributed by atoms with van der Waals surface area (Å²) in [6, 6.07) is 10.4. The third kappa shape index (κ3) is 4.36. The molecule has 2 aromatic carbocycles. The second-order valence-corrected chi connectivity index (χ2v) is 7.57. The van der Waals surface area contributed by atoms with Crippen LogP contribution in [-0.4, -0.2) is 54.3 Å². The van der Waals surface area contributed by atoms with Gasteiger partial charge >= 0.3 is 0 Å². The van der Waals surface area contributed by atoms with Crippen molar-refractivity contribution in [1.82, 2.24) is 0 Å². The summed E-state index contributed by atoms with van der Waals surface area (Å²) in [5, 5.41) is 0. The molecule has 0 saturated carbocycles. The molecule has 156 valence electrons. The smallest absolute Gasteiger partial charge is 0.231 e. The van der Waals surface area contributed by atoms with Crippen molar-refractivity contribution < 1.29 is 33.5 Å². The van der Waals surface area contributed by atoms with Crippen LogP contribution in [0.5, 0.6) is 28.7 Å². The zero-order valence-electron chi connectivity index (χ0n) is 17.4. The second-order valence-electron chi connectivity index (χ2n) is 7.57. The van der Waals surface area contributed by atoms with Crippen molar-refractivity contribution in [2.75, 3.05) is 54.3 Å². The van der Waals surface area contributed by atoms with Crippen LogP contribution < -0.4 is 33.5 Å². The number of benzene rings is 2. The number of nitrogens with one attached hydrogen (secondary N) is 2. The van der Waals surface area contributed by atoms with Crippen molar-refractivity contribution in [3.8, 4) is 28.7 Å². The highest BCUT2D eigenvalue weighted by Gasteiger charge is 2.25. The van der Waals surface area contributed by atoms with Gasteiger partial charge in [-0.15, -0.1) is 0 Å². The molecule has 0 spiro atoms. The fourth-order valence-corrected chi connectivity index (χ4v) is 4.18. The normalized spacial score (nSPS) is 20.4. The van der Waals surface area contributed by atoms with E-state index in [1.807, 2.05) is 6.07 Å². The zero-order chi connectivity index (χ0) is 20.2. The number of hydrogen-bond acceptors (Lipinski definition) is 5. The Hall–Kier alpha value is -2.64. The van der Waals surface area contributed by atoms with Crippen LogP contribution in [0, 0.1) is 0 Å². The molecule has 7 nitrogen and oxygen atoms in total. The number of piperazine rings is 1. The fraction of sp³-hybridized carbons (Fsp3) is 0.455. The maximum Gasteiger partial charge on any atom is 0.231 e. The topological polar surface area (TPSA) is 55.0 Å². The predicted octanol–water partition coefficient (Wildman–Crippen LogP) is -0.0753. The van der Waals surface area contributed by atoms with Crippen molar-refractivity contribution in [3.05, 3.63) is 41.5 Å². The third-order valence-corrected chi connectivity index (χ3v) is 5.73. The van der Waals surface area contributed by atoms with Crippen LogP contribution in [0.1, 0.15) is 11.1 Å². The molecule has 1 saturated heterocycles. The summed E-state index contributed by atoms with van der Waals surface area (Å²) in [4.78, 5) is 3.19. The molecule has 2 aliphatic heterocycles. The summed E-state index contributed by atoms with van der Waals surface area (Å²) in [6.45, 7) is 6.87. The molecule has 2 aromatic rings. The fourth-order valence-electron chi connectivity index (χ4n) is 4.18. The first-order valence-corrected chi connectivity index (χ1v) is 10.0. The van der Waals surface area contributed by atoms with Gasteiger partial charge in [0, 0.05) is 11.1 Å². The maximum atomic E-state index is 5.50. The van der Waals surface area contributed by atoms with Gasteiger partial charge in [-0.3, -0.25) is 0 Å². The Kier molecular flexibility index (Phi) is 5.97. The van der Waals surface area contributed by atoms with E-state index >= 15 is 0 Å². The van der Waals surface area contributed by atoms with E-state index in [1.54, 1.807) is 31.1 Å². The molecule has 0 atom stereocenters. The Balaban J connectivity index is 1.34. The van der Waals surface area contributed by atoms with E-state index in [2.05, 4.69) is 24.3 Å². The maximum absolute atomic E-state index is 5.50. The minimum atomic E-state index is 0.328. The Labute approximate surface area is 171 Å². The minimum Gasteiger partial charge on any atom is -0.493 e. The Morgan fingerprint density at radius 2 is 1.31 bits per heavy atom. The summed E-state index contributed by atoms with van der Waals surface area (Å²) in [7, 11) is 4.95. The minimum absolute atomic E-state index is 0.328. The van der Waals surface area contributed by atoms with E-state index < -0.39 is 0 Å². The molecule has 0 radical (unpaired) electrons. The van der Waals surface area contributed by atoms with Gasteiger partial charge in [0.25, 0.3) is 0 Å². The molecular formula is C22H30N2O5+2. The number of fused-ring (bicyclic) bond motifs is 1. The molecule has 0 aromatic heterocycles. The Morgan fingerprint density at radius 3 is 1.90 bits per heavy atom. The van der Waals surface area contributed by atoms with Crippen molar-refractivity contribution in [1.29, 1.82) is 0 Å². The largest absolute Gasteiger partial charge is 0.493 e. The highest BCUT2D eigenvalue weighted by Crippen LogP contribution is 2.38. The lowest BCUT2D eigenvalue weighted by atomic mass is 10.1. The molecule has 2 aliphatic rings. The number of rotatable bonds is 7. The van der Waals surface area contributed by atoms with Crippen LogP contribution >= 0.6 is 0 Å². The molecule has 2 N–H and O–H groups in total. The van der Waals surface area contributed by atoms with Crippen molar-refractivity contribution in [2.24, 2.45) is 0 Å². The van der Waals surface area contributed by atoms with Crippen LogP contribution in [0.3, 0.4) is 0 Å². The lowest BCUT2D eigenvalue weighted by Crippen LogP contribution is -3.27. The van der Waals surface area contributed by atoms with Gasteiger partial charge in [-0.25, -0.2) is 0 Å². The van der Waals surface area contributed by atoms with Gasteiger partial charge in [0.1, 0.15) is 39.3 Å². The molecule has 0 aliphatic carbocycles. The van der Waals surface area contributed by atoms with Crippen LogP contribution in [0.25, 0.3) is 0 Å². The highest BCUT2D eigenvalue weighted by molar-refractivity contribution is 5.53. The van der Waals surface area contributed by atoms with Gasteiger partial charge in [0.05, 0.1) is 21.3 Å². The standard InChI is InChI=1S/C22H28N2O5/c1-25-20-11-17(12-21(26-2)22(20)27-3)14-24-8-6-23(7-9-24)13-16-4-5-18-19(10-16)29-15-28-18/h4-5,10-12H,6-9,13-15H2,1-3H3/p+2. The molecule has 2 heterocycles.